The van der Waals surface area contributed by atoms with Gasteiger partial charge in [-0.1, -0.05) is 19.1 Å². The third kappa shape index (κ3) is 3.54. The molecule has 0 spiro atoms. The summed E-state index contributed by atoms with van der Waals surface area (Å²) in [5, 5.41) is 2.62. The van der Waals surface area contributed by atoms with Gasteiger partial charge in [0, 0.05) is 12.8 Å². The van der Waals surface area contributed by atoms with Gasteiger partial charge in [0.05, 0.1) is 16.5 Å². The highest BCUT2D eigenvalue weighted by atomic mass is 32.2. The minimum absolute atomic E-state index is 0.116. The molecule has 0 heterocycles. The number of nitrogens with one attached hydrogen (secondary N) is 1. The van der Waals surface area contributed by atoms with E-state index in [1.807, 2.05) is 6.92 Å². The van der Waals surface area contributed by atoms with Crippen LogP contribution in [0.3, 0.4) is 0 Å². The minimum Gasteiger partial charge on any atom is -0.330 e. The lowest BCUT2D eigenvalue weighted by Crippen LogP contribution is -2.29. The topological polar surface area (TPSA) is 89.3 Å². The highest BCUT2D eigenvalue weighted by Crippen LogP contribution is 2.21. The first kappa shape index (κ1) is 14.7. The van der Waals surface area contributed by atoms with Crippen LogP contribution < -0.4 is 11.1 Å². The molecule has 6 heteroatoms. The zero-order chi connectivity index (χ0) is 13.8. The second-order valence-corrected chi connectivity index (χ2v) is 6.08. The molecule has 0 aliphatic carbocycles. The van der Waals surface area contributed by atoms with Gasteiger partial charge in [-0.05, 0) is 18.6 Å². The molecule has 1 aromatic carbocycles. The zero-order valence-electron chi connectivity index (χ0n) is 10.5. The van der Waals surface area contributed by atoms with E-state index in [2.05, 4.69) is 5.32 Å². The third-order valence-corrected chi connectivity index (χ3v) is 3.85. The molecule has 0 aliphatic rings. The van der Waals surface area contributed by atoms with Gasteiger partial charge in [0.15, 0.2) is 9.84 Å². The van der Waals surface area contributed by atoms with E-state index in [0.717, 1.165) is 6.26 Å². The summed E-state index contributed by atoms with van der Waals surface area (Å²) >= 11 is 0. The van der Waals surface area contributed by atoms with Crippen LogP contribution >= 0.6 is 0 Å². The molecule has 1 rings (SSSR count). The van der Waals surface area contributed by atoms with Crippen LogP contribution in [0.1, 0.15) is 13.3 Å². The number of hydrogen-bond donors (Lipinski definition) is 2. The zero-order valence-corrected chi connectivity index (χ0v) is 11.3. The molecular weight excluding hydrogens is 252 g/mol. The Morgan fingerprint density at radius 1 is 1.39 bits per heavy atom. The molecule has 0 saturated carbocycles. The number of amides is 1. The number of carbonyl (C=O) groups excluding carboxylic acids is 1. The van der Waals surface area contributed by atoms with Crippen LogP contribution in [0.5, 0.6) is 0 Å². The van der Waals surface area contributed by atoms with Crippen LogP contribution in [0, 0.1) is 5.92 Å². The van der Waals surface area contributed by atoms with Crippen LogP contribution in [-0.4, -0.2) is 27.1 Å². The maximum atomic E-state index is 11.9. The molecule has 0 fully saturated rings. The van der Waals surface area contributed by atoms with Crippen molar-refractivity contribution in [2.75, 3.05) is 18.1 Å². The van der Waals surface area contributed by atoms with Crippen molar-refractivity contribution in [2.24, 2.45) is 11.7 Å². The predicted octanol–water partition coefficient (Wildman–Crippen LogP) is 1.01. The van der Waals surface area contributed by atoms with E-state index >= 15 is 0 Å². The van der Waals surface area contributed by atoms with Crippen molar-refractivity contribution in [2.45, 2.75) is 18.2 Å². The van der Waals surface area contributed by atoms with Crippen LogP contribution in [0.2, 0.25) is 0 Å². The average molecular weight is 270 g/mol. The lowest BCUT2D eigenvalue weighted by molar-refractivity contribution is -0.119. The molecule has 1 atom stereocenters. The SMILES string of the molecule is CCC(CN)C(=O)Nc1ccccc1S(C)(=O)=O. The summed E-state index contributed by atoms with van der Waals surface area (Å²) in [4.78, 5) is 12.0. The van der Waals surface area contributed by atoms with Gasteiger partial charge in [-0.15, -0.1) is 0 Å². The Kier molecular flexibility index (Phi) is 4.86. The number of nitrogens with two attached hydrogens (primary N) is 1. The predicted molar refractivity (Wildman–Crippen MR) is 71.0 cm³/mol. The van der Waals surface area contributed by atoms with Gasteiger partial charge < -0.3 is 11.1 Å². The number of para-hydroxylation sites is 1. The van der Waals surface area contributed by atoms with Crippen LogP contribution in [0.4, 0.5) is 5.69 Å². The van der Waals surface area contributed by atoms with Gasteiger partial charge in [0.2, 0.25) is 5.91 Å². The summed E-state index contributed by atoms with van der Waals surface area (Å²) in [5.74, 6) is -0.561. The fourth-order valence-electron chi connectivity index (χ4n) is 1.59. The Labute approximate surface area is 107 Å². The second kappa shape index (κ2) is 5.97. The van der Waals surface area contributed by atoms with Gasteiger partial charge in [0.25, 0.3) is 0 Å². The van der Waals surface area contributed by atoms with Gasteiger partial charge in [-0.2, -0.15) is 0 Å². The highest BCUT2D eigenvalue weighted by Gasteiger charge is 2.18. The van der Waals surface area contributed by atoms with Crippen molar-refractivity contribution in [3.05, 3.63) is 24.3 Å². The Bertz CT molecular complexity index is 522. The first-order valence-corrected chi connectivity index (χ1v) is 7.59. The molecule has 1 aromatic rings. The molecule has 100 valence electrons. The summed E-state index contributed by atoms with van der Waals surface area (Å²) < 4.78 is 23.1. The monoisotopic (exact) mass is 270 g/mol. The Balaban J connectivity index is 3.02. The van der Waals surface area contributed by atoms with Gasteiger partial charge in [0.1, 0.15) is 0 Å². The molecule has 0 aromatic heterocycles. The summed E-state index contributed by atoms with van der Waals surface area (Å²) in [7, 11) is -3.36. The van der Waals surface area contributed by atoms with E-state index in [1.54, 1.807) is 18.2 Å². The first-order chi connectivity index (χ1) is 8.40. The molecule has 0 bridgehead atoms. The highest BCUT2D eigenvalue weighted by molar-refractivity contribution is 7.90. The molecule has 0 radical (unpaired) electrons. The number of carbonyl (C=O) groups is 1. The van der Waals surface area contributed by atoms with Crippen LogP contribution in [-0.2, 0) is 14.6 Å². The number of rotatable bonds is 5. The summed E-state index contributed by atoms with van der Waals surface area (Å²) in [5.41, 5.74) is 5.79. The van der Waals surface area contributed by atoms with Gasteiger partial charge >= 0.3 is 0 Å². The van der Waals surface area contributed by atoms with E-state index in [1.165, 1.54) is 6.07 Å². The summed E-state index contributed by atoms with van der Waals surface area (Å²) in [6.07, 6.45) is 1.72. The Morgan fingerprint density at radius 3 is 2.50 bits per heavy atom. The van der Waals surface area contributed by atoms with E-state index in [-0.39, 0.29) is 23.3 Å². The normalized spacial score (nSPS) is 13.1. The van der Waals surface area contributed by atoms with Crippen molar-refractivity contribution < 1.29 is 13.2 Å². The summed E-state index contributed by atoms with van der Waals surface area (Å²) in [6, 6.07) is 6.33. The van der Waals surface area contributed by atoms with Crippen molar-refractivity contribution in [1.82, 2.24) is 0 Å². The molecule has 1 unspecified atom stereocenters. The maximum Gasteiger partial charge on any atom is 0.228 e. The largest absolute Gasteiger partial charge is 0.330 e. The van der Waals surface area contributed by atoms with Crippen LogP contribution in [0.15, 0.2) is 29.2 Å². The van der Waals surface area contributed by atoms with Gasteiger partial charge in [-0.25, -0.2) is 8.42 Å². The first-order valence-electron chi connectivity index (χ1n) is 5.70. The van der Waals surface area contributed by atoms with E-state index in [9.17, 15) is 13.2 Å². The Morgan fingerprint density at radius 2 is 2.00 bits per heavy atom. The molecule has 1 amide bonds. The Hall–Kier alpha value is -1.40. The van der Waals surface area contributed by atoms with Crippen molar-refractivity contribution in [1.29, 1.82) is 0 Å². The van der Waals surface area contributed by atoms with Gasteiger partial charge in [-0.3, -0.25) is 4.79 Å². The minimum atomic E-state index is -3.36. The van der Waals surface area contributed by atoms with E-state index < -0.39 is 9.84 Å². The molecular formula is C12H18N2O3S. The standard InChI is InChI=1S/C12H18N2O3S/c1-3-9(8-13)12(15)14-10-6-4-5-7-11(10)18(2,16)17/h4-7,9H,3,8,13H2,1-2H3,(H,14,15). The van der Waals surface area contributed by atoms with Crippen molar-refractivity contribution in [3.8, 4) is 0 Å². The smallest absolute Gasteiger partial charge is 0.228 e. The fourth-order valence-corrected chi connectivity index (χ4v) is 2.43. The van der Waals surface area contributed by atoms with Crippen molar-refractivity contribution in [3.63, 3.8) is 0 Å². The summed E-state index contributed by atoms with van der Waals surface area (Å²) in [6.45, 7) is 2.10. The third-order valence-electron chi connectivity index (χ3n) is 2.69. The fraction of sp³-hybridized carbons (Fsp3) is 0.417. The number of benzene rings is 1. The van der Waals surface area contributed by atoms with E-state index in [4.69, 9.17) is 5.73 Å². The molecule has 18 heavy (non-hydrogen) atoms. The lowest BCUT2D eigenvalue weighted by Gasteiger charge is -2.14. The number of sulfone groups is 1. The molecule has 0 aliphatic heterocycles. The second-order valence-electron chi connectivity index (χ2n) is 4.10. The maximum absolute atomic E-state index is 11.9. The lowest BCUT2D eigenvalue weighted by atomic mass is 10.1. The molecule has 5 nitrogen and oxygen atoms in total. The number of anilines is 1. The quantitative estimate of drug-likeness (QED) is 0.835. The number of hydrogen-bond acceptors (Lipinski definition) is 4. The molecule has 0 saturated heterocycles. The van der Waals surface area contributed by atoms with Crippen LogP contribution in [0.25, 0.3) is 0 Å². The molecule has 3 N–H and O–H groups in total. The average Bonchev–Trinajstić information content (AvgIpc) is 2.30. The van der Waals surface area contributed by atoms with Crippen molar-refractivity contribution >= 4 is 21.4 Å². The van der Waals surface area contributed by atoms with E-state index in [0.29, 0.717) is 12.1 Å².